The molecule has 1 aromatic heterocycles. The Balaban J connectivity index is 2.11. The predicted octanol–water partition coefficient (Wildman–Crippen LogP) is 1.79. The lowest BCUT2D eigenvalue weighted by Crippen LogP contribution is -2.60. The van der Waals surface area contributed by atoms with Gasteiger partial charge in [-0.1, -0.05) is 0 Å². The van der Waals surface area contributed by atoms with Crippen molar-refractivity contribution in [1.82, 2.24) is 15.2 Å². The van der Waals surface area contributed by atoms with Crippen LogP contribution in [0, 0.1) is 5.82 Å². The first-order chi connectivity index (χ1) is 7.97. The van der Waals surface area contributed by atoms with E-state index in [4.69, 9.17) is 0 Å². The number of hydrogen-bond acceptors (Lipinski definition) is 3. The Hall–Kier alpha value is -1.00. The van der Waals surface area contributed by atoms with E-state index in [0.29, 0.717) is 6.04 Å². The summed E-state index contributed by atoms with van der Waals surface area (Å²) in [6.07, 6.45) is 2.99. The normalized spacial score (nSPS) is 24.8. The smallest absolute Gasteiger partial charge is 0.141 e. The molecule has 1 aliphatic heterocycles. The van der Waals surface area contributed by atoms with Crippen molar-refractivity contribution in [3.05, 3.63) is 29.8 Å². The largest absolute Gasteiger partial charge is 0.311 e. The van der Waals surface area contributed by atoms with E-state index in [0.717, 1.165) is 25.2 Å². The first-order valence-corrected chi connectivity index (χ1v) is 6.05. The molecule has 0 aromatic carbocycles. The zero-order valence-corrected chi connectivity index (χ0v) is 10.7. The molecule has 3 nitrogen and oxygen atoms in total. The summed E-state index contributed by atoms with van der Waals surface area (Å²) in [5.41, 5.74) is 1.03. The summed E-state index contributed by atoms with van der Waals surface area (Å²) in [6.45, 7) is 9.27. The van der Waals surface area contributed by atoms with E-state index < -0.39 is 0 Å². The van der Waals surface area contributed by atoms with Crippen LogP contribution in [-0.2, 0) is 6.54 Å². The molecule has 2 heterocycles. The fourth-order valence-electron chi connectivity index (χ4n) is 2.22. The molecule has 0 radical (unpaired) electrons. The molecule has 0 amide bonds. The first kappa shape index (κ1) is 12.5. The van der Waals surface area contributed by atoms with Crippen molar-refractivity contribution in [2.45, 2.75) is 38.9 Å². The van der Waals surface area contributed by atoms with Crippen LogP contribution >= 0.6 is 0 Å². The number of hydrogen-bond donors (Lipinski definition) is 1. The van der Waals surface area contributed by atoms with E-state index in [1.165, 1.54) is 6.20 Å². The number of piperazine rings is 1. The fourth-order valence-corrected chi connectivity index (χ4v) is 2.22. The van der Waals surface area contributed by atoms with Gasteiger partial charge < -0.3 is 5.32 Å². The lowest BCUT2D eigenvalue weighted by atomic mass is 9.97. The minimum absolute atomic E-state index is 0.0961. The van der Waals surface area contributed by atoms with Gasteiger partial charge in [0.1, 0.15) is 5.82 Å². The van der Waals surface area contributed by atoms with Gasteiger partial charge in [-0.3, -0.25) is 9.88 Å². The van der Waals surface area contributed by atoms with Crippen LogP contribution in [0.2, 0.25) is 0 Å². The van der Waals surface area contributed by atoms with E-state index in [-0.39, 0.29) is 11.4 Å². The third kappa shape index (κ3) is 3.01. The van der Waals surface area contributed by atoms with E-state index in [2.05, 4.69) is 36.0 Å². The molecular weight excluding hydrogens is 217 g/mol. The molecule has 1 aliphatic rings. The van der Waals surface area contributed by atoms with Crippen molar-refractivity contribution in [3.8, 4) is 0 Å². The second-order valence-electron chi connectivity index (χ2n) is 5.49. The predicted molar refractivity (Wildman–Crippen MR) is 66.1 cm³/mol. The Labute approximate surface area is 102 Å². The summed E-state index contributed by atoms with van der Waals surface area (Å²) >= 11 is 0. The maximum absolute atomic E-state index is 13.1. The van der Waals surface area contributed by atoms with Gasteiger partial charge in [0.05, 0.1) is 6.20 Å². The Morgan fingerprint density at radius 3 is 3.00 bits per heavy atom. The fraction of sp³-hybridized carbons (Fsp3) is 0.615. The van der Waals surface area contributed by atoms with Crippen LogP contribution in [0.1, 0.15) is 26.3 Å². The Morgan fingerprint density at radius 2 is 2.29 bits per heavy atom. The van der Waals surface area contributed by atoms with Crippen molar-refractivity contribution in [2.24, 2.45) is 0 Å². The molecule has 0 saturated carbocycles. The quantitative estimate of drug-likeness (QED) is 0.850. The summed E-state index contributed by atoms with van der Waals surface area (Å²) in [6, 6.07) is 2.04. The van der Waals surface area contributed by atoms with Crippen molar-refractivity contribution in [1.29, 1.82) is 0 Å². The molecule has 0 bridgehead atoms. The molecule has 1 fully saturated rings. The van der Waals surface area contributed by atoms with Gasteiger partial charge in [-0.25, -0.2) is 4.39 Å². The maximum Gasteiger partial charge on any atom is 0.141 e. The molecule has 1 saturated heterocycles. The molecule has 1 N–H and O–H groups in total. The van der Waals surface area contributed by atoms with Crippen molar-refractivity contribution in [2.75, 3.05) is 13.1 Å². The highest BCUT2D eigenvalue weighted by molar-refractivity contribution is 5.11. The molecule has 0 spiro atoms. The highest BCUT2D eigenvalue weighted by Gasteiger charge is 2.32. The standard InChI is InChI=1S/C13H20FN3/c1-10-7-17(13(2,3)9-16-10)8-11-4-12(14)6-15-5-11/h4-6,10,16H,7-9H2,1-3H3. The second-order valence-corrected chi connectivity index (χ2v) is 5.49. The second kappa shape index (κ2) is 4.70. The van der Waals surface area contributed by atoms with Gasteiger partial charge in [0.15, 0.2) is 0 Å². The van der Waals surface area contributed by atoms with Gasteiger partial charge in [-0.2, -0.15) is 0 Å². The number of nitrogens with zero attached hydrogens (tertiary/aromatic N) is 2. The molecule has 1 atom stereocenters. The summed E-state index contributed by atoms with van der Waals surface area (Å²) in [7, 11) is 0. The van der Waals surface area contributed by atoms with Crippen molar-refractivity contribution in [3.63, 3.8) is 0 Å². The number of halogens is 1. The molecule has 4 heteroatoms. The third-order valence-corrected chi connectivity index (χ3v) is 3.37. The number of rotatable bonds is 2. The molecule has 1 aromatic rings. The van der Waals surface area contributed by atoms with Crippen molar-refractivity contribution < 1.29 is 4.39 Å². The number of aromatic nitrogens is 1. The first-order valence-electron chi connectivity index (χ1n) is 6.05. The third-order valence-electron chi connectivity index (χ3n) is 3.37. The lowest BCUT2D eigenvalue weighted by Gasteiger charge is -2.45. The summed E-state index contributed by atoms with van der Waals surface area (Å²) in [5.74, 6) is -0.261. The van der Waals surface area contributed by atoms with Crippen LogP contribution in [0.15, 0.2) is 18.5 Å². The molecule has 17 heavy (non-hydrogen) atoms. The molecule has 0 aliphatic carbocycles. The van der Waals surface area contributed by atoms with E-state index in [9.17, 15) is 4.39 Å². The average Bonchev–Trinajstić information content (AvgIpc) is 2.24. The summed E-state index contributed by atoms with van der Waals surface area (Å²) < 4.78 is 13.1. The van der Waals surface area contributed by atoms with Crippen LogP contribution < -0.4 is 5.32 Å². The van der Waals surface area contributed by atoms with Crippen LogP contribution in [0.25, 0.3) is 0 Å². The summed E-state index contributed by atoms with van der Waals surface area (Å²) in [5, 5.41) is 3.47. The van der Waals surface area contributed by atoms with Crippen LogP contribution in [0.5, 0.6) is 0 Å². The maximum atomic E-state index is 13.1. The molecule has 1 unspecified atom stereocenters. The average molecular weight is 237 g/mol. The van der Waals surface area contributed by atoms with Crippen molar-refractivity contribution >= 4 is 0 Å². The Bertz CT molecular complexity index is 392. The molecule has 2 rings (SSSR count). The van der Waals surface area contributed by atoms with Gasteiger partial charge >= 0.3 is 0 Å². The van der Waals surface area contributed by atoms with Gasteiger partial charge in [0.2, 0.25) is 0 Å². The summed E-state index contributed by atoms with van der Waals surface area (Å²) in [4.78, 5) is 6.28. The molecular formula is C13H20FN3. The zero-order chi connectivity index (χ0) is 12.5. The topological polar surface area (TPSA) is 28.2 Å². The number of pyridine rings is 1. The number of nitrogens with one attached hydrogen (secondary N) is 1. The van der Waals surface area contributed by atoms with Gasteiger partial charge in [0.25, 0.3) is 0 Å². The van der Waals surface area contributed by atoms with E-state index in [1.807, 2.05) is 0 Å². The monoisotopic (exact) mass is 237 g/mol. The minimum Gasteiger partial charge on any atom is -0.311 e. The van der Waals surface area contributed by atoms with Crippen LogP contribution in [0.3, 0.4) is 0 Å². The minimum atomic E-state index is -0.261. The Kier molecular flexibility index (Phi) is 3.45. The highest BCUT2D eigenvalue weighted by atomic mass is 19.1. The van der Waals surface area contributed by atoms with E-state index >= 15 is 0 Å². The zero-order valence-electron chi connectivity index (χ0n) is 10.7. The highest BCUT2D eigenvalue weighted by Crippen LogP contribution is 2.21. The SMILES string of the molecule is CC1CN(Cc2cncc(F)c2)C(C)(C)CN1. The van der Waals surface area contributed by atoms with Crippen LogP contribution in [0.4, 0.5) is 4.39 Å². The molecule has 94 valence electrons. The Morgan fingerprint density at radius 1 is 1.53 bits per heavy atom. The van der Waals surface area contributed by atoms with E-state index in [1.54, 1.807) is 12.3 Å². The lowest BCUT2D eigenvalue weighted by molar-refractivity contribution is 0.0625. The van der Waals surface area contributed by atoms with Gasteiger partial charge in [0, 0.05) is 37.4 Å². The van der Waals surface area contributed by atoms with Gasteiger partial charge in [-0.15, -0.1) is 0 Å². The van der Waals surface area contributed by atoms with Crippen LogP contribution in [-0.4, -0.2) is 34.6 Å². The van der Waals surface area contributed by atoms with Gasteiger partial charge in [-0.05, 0) is 32.4 Å².